The van der Waals surface area contributed by atoms with Crippen LogP contribution in [0.3, 0.4) is 0 Å². The van der Waals surface area contributed by atoms with Crippen molar-refractivity contribution < 1.29 is 9.53 Å². The molecular formula is C24H27N5O2. The minimum Gasteiger partial charge on any atom is -0.497 e. The van der Waals surface area contributed by atoms with Gasteiger partial charge in [-0.1, -0.05) is 24.3 Å². The molecule has 1 amide bonds. The fraction of sp³-hybridized carbons (Fsp3) is 0.292. The SMILES string of the molecule is COc1ccc(-c2cnc(Nc3ccc(CNC(=O)C4CCNCC4)cc3)nc2)cc1. The minimum atomic E-state index is 0.125. The van der Waals surface area contributed by atoms with Crippen LogP contribution in [0.5, 0.6) is 5.75 Å². The van der Waals surface area contributed by atoms with Crippen LogP contribution in [0.15, 0.2) is 60.9 Å². The minimum absolute atomic E-state index is 0.125. The third-order valence-electron chi connectivity index (χ3n) is 5.46. The Morgan fingerprint density at radius 1 is 1.00 bits per heavy atom. The first-order valence-electron chi connectivity index (χ1n) is 10.5. The normalized spacial score (nSPS) is 14.1. The quantitative estimate of drug-likeness (QED) is 0.545. The average Bonchev–Trinajstić information content (AvgIpc) is 2.84. The van der Waals surface area contributed by atoms with Gasteiger partial charge in [-0.05, 0) is 61.3 Å². The second kappa shape index (κ2) is 10.0. The molecule has 0 aliphatic carbocycles. The van der Waals surface area contributed by atoms with Crippen LogP contribution in [0.1, 0.15) is 18.4 Å². The molecule has 0 unspecified atom stereocenters. The molecule has 4 rings (SSSR count). The van der Waals surface area contributed by atoms with Gasteiger partial charge in [0.2, 0.25) is 11.9 Å². The highest BCUT2D eigenvalue weighted by molar-refractivity contribution is 5.78. The van der Waals surface area contributed by atoms with Gasteiger partial charge in [0.1, 0.15) is 5.75 Å². The number of nitrogens with zero attached hydrogens (tertiary/aromatic N) is 2. The maximum atomic E-state index is 12.3. The Bertz CT molecular complexity index is 982. The van der Waals surface area contributed by atoms with E-state index < -0.39 is 0 Å². The molecule has 0 spiro atoms. The van der Waals surface area contributed by atoms with Gasteiger partial charge in [0, 0.05) is 36.1 Å². The molecule has 3 N–H and O–H groups in total. The number of carbonyl (C=O) groups is 1. The van der Waals surface area contributed by atoms with Crippen molar-refractivity contribution in [3.63, 3.8) is 0 Å². The van der Waals surface area contributed by atoms with Crippen LogP contribution in [-0.2, 0) is 11.3 Å². The number of carbonyl (C=O) groups excluding carboxylic acids is 1. The molecule has 1 aliphatic heterocycles. The van der Waals surface area contributed by atoms with Gasteiger partial charge in [0.05, 0.1) is 7.11 Å². The van der Waals surface area contributed by atoms with Gasteiger partial charge in [-0.3, -0.25) is 4.79 Å². The van der Waals surface area contributed by atoms with Crippen molar-refractivity contribution in [2.24, 2.45) is 5.92 Å². The Kier molecular flexibility index (Phi) is 6.74. The smallest absolute Gasteiger partial charge is 0.227 e. The third-order valence-corrected chi connectivity index (χ3v) is 5.46. The highest BCUT2D eigenvalue weighted by atomic mass is 16.5. The Morgan fingerprint density at radius 2 is 1.68 bits per heavy atom. The number of ether oxygens (including phenoxy) is 1. The van der Waals surface area contributed by atoms with E-state index in [4.69, 9.17) is 4.74 Å². The predicted octanol–water partition coefficient (Wildman–Crippen LogP) is 3.51. The second-order valence-electron chi connectivity index (χ2n) is 7.59. The van der Waals surface area contributed by atoms with E-state index in [2.05, 4.69) is 25.9 Å². The highest BCUT2D eigenvalue weighted by Gasteiger charge is 2.20. The van der Waals surface area contributed by atoms with E-state index in [1.165, 1.54) is 0 Å². The van der Waals surface area contributed by atoms with Crippen molar-refractivity contribution in [1.29, 1.82) is 0 Å². The van der Waals surface area contributed by atoms with E-state index in [1.54, 1.807) is 19.5 Å². The summed E-state index contributed by atoms with van der Waals surface area (Å²) in [5, 5.41) is 9.54. The Morgan fingerprint density at radius 3 is 2.32 bits per heavy atom. The van der Waals surface area contributed by atoms with Crippen molar-refractivity contribution >= 4 is 17.5 Å². The zero-order valence-corrected chi connectivity index (χ0v) is 17.6. The largest absolute Gasteiger partial charge is 0.497 e. The second-order valence-corrected chi connectivity index (χ2v) is 7.59. The molecule has 3 aromatic rings. The van der Waals surface area contributed by atoms with Gasteiger partial charge in [-0.25, -0.2) is 9.97 Å². The van der Waals surface area contributed by atoms with Crippen molar-refractivity contribution in [2.75, 3.05) is 25.5 Å². The summed E-state index contributed by atoms with van der Waals surface area (Å²) in [6.45, 7) is 2.37. The van der Waals surface area contributed by atoms with Gasteiger partial charge >= 0.3 is 0 Å². The Hall–Kier alpha value is -3.45. The van der Waals surface area contributed by atoms with E-state index in [9.17, 15) is 4.79 Å². The molecule has 0 saturated carbocycles. The molecule has 1 fully saturated rings. The number of nitrogens with one attached hydrogen (secondary N) is 3. The molecule has 1 saturated heterocycles. The van der Waals surface area contributed by atoms with Crippen LogP contribution in [0.4, 0.5) is 11.6 Å². The highest BCUT2D eigenvalue weighted by Crippen LogP contribution is 2.22. The molecule has 2 heterocycles. The zero-order chi connectivity index (χ0) is 21.5. The van der Waals surface area contributed by atoms with Crippen LogP contribution in [0.2, 0.25) is 0 Å². The molecule has 0 bridgehead atoms. The summed E-state index contributed by atoms with van der Waals surface area (Å²) in [5.74, 6) is 1.62. The van der Waals surface area contributed by atoms with E-state index >= 15 is 0 Å². The lowest BCUT2D eigenvalue weighted by atomic mass is 9.97. The summed E-state index contributed by atoms with van der Waals surface area (Å²) in [5.41, 5.74) is 3.92. The number of benzene rings is 2. The maximum absolute atomic E-state index is 12.3. The standard InChI is InChI=1S/C24H27N5O2/c1-31-22-8-4-18(5-9-22)20-15-27-24(28-16-20)29-21-6-2-17(3-7-21)14-26-23(30)19-10-12-25-13-11-19/h2-9,15-16,19,25H,10-14H2,1H3,(H,26,30)(H,27,28,29). The Balaban J connectivity index is 1.30. The lowest BCUT2D eigenvalue weighted by molar-refractivity contribution is -0.125. The molecule has 160 valence electrons. The van der Waals surface area contributed by atoms with Crippen LogP contribution in [-0.4, -0.2) is 36.1 Å². The molecule has 31 heavy (non-hydrogen) atoms. The summed E-state index contributed by atoms with van der Waals surface area (Å²) >= 11 is 0. The first-order chi connectivity index (χ1) is 15.2. The van der Waals surface area contributed by atoms with Crippen molar-refractivity contribution in [2.45, 2.75) is 19.4 Å². The van der Waals surface area contributed by atoms with Crippen molar-refractivity contribution in [3.05, 3.63) is 66.5 Å². The van der Waals surface area contributed by atoms with Crippen LogP contribution in [0, 0.1) is 5.92 Å². The number of methoxy groups -OCH3 is 1. The first-order valence-corrected chi connectivity index (χ1v) is 10.5. The number of anilines is 2. The summed E-state index contributed by atoms with van der Waals surface area (Å²) in [7, 11) is 1.65. The molecule has 7 heteroatoms. The number of piperidine rings is 1. The zero-order valence-electron chi connectivity index (χ0n) is 17.6. The predicted molar refractivity (Wildman–Crippen MR) is 121 cm³/mol. The number of rotatable bonds is 7. The maximum Gasteiger partial charge on any atom is 0.227 e. The fourth-order valence-electron chi connectivity index (χ4n) is 3.58. The summed E-state index contributed by atoms with van der Waals surface area (Å²) in [6.07, 6.45) is 5.40. The molecular weight excluding hydrogens is 390 g/mol. The molecule has 2 aromatic carbocycles. The number of hydrogen-bond donors (Lipinski definition) is 3. The van der Waals surface area contributed by atoms with Gasteiger partial charge in [-0.2, -0.15) is 0 Å². The molecule has 1 aliphatic rings. The number of amides is 1. The number of hydrogen-bond acceptors (Lipinski definition) is 6. The molecule has 1 aromatic heterocycles. The average molecular weight is 418 g/mol. The Labute approximate surface area is 182 Å². The topological polar surface area (TPSA) is 88.2 Å². The number of aromatic nitrogens is 2. The van der Waals surface area contributed by atoms with E-state index in [-0.39, 0.29) is 11.8 Å². The molecule has 0 radical (unpaired) electrons. The van der Waals surface area contributed by atoms with Gasteiger partial charge in [0.15, 0.2) is 0 Å². The van der Waals surface area contributed by atoms with Crippen molar-refractivity contribution in [1.82, 2.24) is 20.6 Å². The lowest BCUT2D eigenvalue weighted by Crippen LogP contribution is -2.37. The summed E-state index contributed by atoms with van der Waals surface area (Å²) < 4.78 is 5.19. The molecule has 7 nitrogen and oxygen atoms in total. The summed E-state index contributed by atoms with van der Waals surface area (Å²) in [6, 6.07) is 15.7. The third kappa shape index (κ3) is 5.58. The molecule has 0 atom stereocenters. The van der Waals surface area contributed by atoms with Gasteiger partial charge < -0.3 is 20.7 Å². The fourth-order valence-corrected chi connectivity index (χ4v) is 3.58. The van der Waals surface area contributed by atoms with Crippen LogP contribution >= 0.6 is 0 Å². The van der Waals surface area contributed by atoms with Crippen molar-refractivity contribution in [3.8, 4) is 16.9 Å². The van der Waals surface area contributed by atoms with Gasteiger partial charge in [-0.15, -0.1) is 0 Å². The summed E-state index contributed by atoms with van der Waals surface area (Å²) in [4.78, 5) is 21.1. The van der Waals surface area contributed by atoms with E-state index in [0.29, 0.717) is 12.5 Å². The first kappa shape index (κ1) is 20.8. The van der Waals surface area contributed by atoms with E-state index in [0.717, 1.165) is 54.1 Å². The van der Waals surface area contributed by atoms with E-state index in [1.807, 2.05) is 48.5 Å². The van der Waals surface area contributed by atoms with Gasteiger partial charge in [0.25, 0.3) is 0 Å². The van der Waals surface area contributed by atoms with Crippen LogP contribution < -0.4 is 20.7 Å². The van der Waals surface area contributed by atoms with Crippen LogP contribution in [0.25, 0.3) is 11.1 Å². The monoisotopic (exact) mass is 417 g/mol. The lowest BCUT2D eigenvalue weighted by Gasteiger charge is -2.21.